The molecule has 2 rings (SSSR count). The predicted molar refractivity (Wildman–Crippen MR) is 98.4 cm³/mol. The van der Waals surface area contributed by atoms with E-state index in [1.165, 1.54) is 4.90 Å². The minimum Gasteiger partial charge on any atom is -0.341 e. The molecule has 0 radical (unpaired) electrons. The second-order valence-corrected chi connectivity index (χ2v) is 6.86. The summed E-state index contributed by atoms with van der Waals surface area (Å²) in [6.45, 7) is 5.38. The molecule has 1 fully saturated rings. The molecular formula is C18H27N3O2S. The van der Waals surface area contributed by atoms with Crippen LogP contribution in [0.2, 0.25) is 0 Å². The van der Waals surface area contributed by atoms with Crippen molar-refractivity contribution in [1.82, 2.24) is 15.1 Å². The van der Waals surface area contributed by atoms with Gasteiger partial charge in [0.2, 0.25) is 5.91 Å². The molecule has 0 aromatic heterocycles. The van der Waals surface area contributed by atoms with E-state index in [2.05, 4.69) is 17.4 Å². The van der Waals surface area contributed by atoms with Crippen LogP contribution < -0.4 is 5.32 Å². The Morgan fingerprint density at radius 3 is 2.42 bits per heavy atom. The molecule has 24 heavy (non-hydrogen) atoms. The molecule has 1 aromatic rings. The van der Waals surface area contributed by atoms with Gasteiger partial charge in [-0.2, -0.15) is 0 Å². The zero-order valence-electron chi connectivity index (χ0n) is 14.6. The van der Waals surface area contributed by atoms with E-state index in [0.29, 0.717) is 32.6 Å². The van der Waals surface area contributed by atoms with Crippen LogP contribution in [0.3, 0.4) is 0 Å². The summed E-state index contributed by atoms with van der Waals surface area (Å²) in [6, 6.07) is 8.13. The first-order chi connectivity index (χ1) is 11.6. The van der Waals surface area contributed by atoms with E-state index >= 15 is 0 Å². The highest BCUT2D eigenvalue weighted by Gasteiger charge is 2.21. The van der Waals surface area contributed by atoms with Gasteiger partial charge in [0.15, 0.2) is 0 Å². The number of rotatable bonds is 5. The zero-order chi connectivity index (χ0) is 17.4. The van der Waals surface area contributed by atoms with Crippen molar-refractivity contribution in [3.63, 3.8) is 0 Å². The normalized spacial score (nSPS) is 15.1. The number of thioether (sulfide) groups is 1. The van der Waals surface area contributed by atoms with E-state index < -0.39 is 0 Å². The number of carbonyl (C=O) groups is 2. The number of nitrogens with one attached hydrogen (secondary N) is 1. The zero-order valence-corrected chi connectivity index (χ0v) is 15.4. The Labute approximate surface area is 148 Å². The van der Waals surface area contributed by atoms with Gasteiger partial charge in [0.25, 0.3) is 0 Å². The summed E-state index contributed by atoms with van der Waals surface area (Å²) in [5, 5.41) is 2.91. The SMILES string of the molecule is CCCNC(=O)N1CCCN(C(=O)Cc2ccc(SC)cc2)CC1. The van der Waals surface area contributed by atoms with E-state index in [-0.39, 0.29) is 11.9 Å². The van der Waals surface area contributed by atoms with Gasteiger partial charge in [0.05, 0.1) is 6.42 Å². The number of urea groups is 1. The highest BCUT2D eigenvalue weighted by Crippen LogP contribution is 2.16. The summed E-state index contributed by atoms with van der Waals surface area (Å²) < 4.78 is 0. The average molecular weight is 350 g/mol. The van der Waals surface area contributed by atoms with Gasteiger partial charge in [0.1, 0.15) is 0 Å². The Kier molecular flexibility index (Phi) is 7.43. The second-order valence-electron chi connectivity index (χ2n) is 5.98. The quantitative estimate of drug-likeness (QED) is 0.832. The third kappa shape index (κ3) is 5.44. The van der Waals surface area contributed by atoms with Crippen molar-refractivity contribution < 1.29 is 9.59 Å². The first-order valence-corrected chi connectivity index (χ1v) is 9.80. The second kappa shape index (κ2) is 9.57. The van der Waals surface area contributed by atoms with Crippen LogP contribution in [0.1, 0.15) is 25.3 Å². The van der Waals surface area contributed by atoms with Gasteiger partial charge in [-0.25, -0.2) is 4.79 Å². The molecule has 0 atom stereocenters. The molecule has 1 N–H and O–H groups in total. The van der Waals surface area contributed by atoms with E-state index in [4.69, 9.17) is 0 Å². The maximum absolute atomic E-state index is 12.5. The first-order valence-electron chi connectivity index (χ1n) is 8.57. The Morgan fingerprint density at radius 1 is 1.08 bits per heavy atom. The largest absolute Gasteiger partial charge is 0.341 e. The van der Waals surface area contributed by atoms with Crippen molar-refractivity contribution in [2.24, 2.45) is 0 Å². The average Bonchev–Trinajstić information content (AvgIpc) is 2.86. The van der Waals surface area contributed by atoms with Gasteiger partial charge < -0.3 is 15.1 Å². The van der Waals surface area contributed by atoms with Gasteiger partial charge in [-0.05, 0) is 36.8 Å². The summed E-state index contributed by atoms with van der Waals surface area (Å²) in [7, 11) is 0. The number of amides is 3. The lowest BCUT2D eigenvalue weighted by Gasteiger charge is -2.22. The maximum Gasteiger partial charge on any atom is 0.317 e. The lowest BCUT2D eigenvalue weighted by Crippen LogP contribution is -2.43. The summed E-state index contributed by atoms with van der Waals surface area (Å²) in [6.07, 6.45) is 4.23. The monoisotopic (exact) mass is 349 g/mol. The number of carbonyl (C=O) groups excluding carboxylic acids is 2. The summed E-state index contributed by atoms with van der Waals surface area (Å²) in [5.41, 5.74) is 1.04. The van der Waals surface area contributed by atoms with E-state index in [0.717, 1.165) is 24.9 Å². The predicted octanol–water partition coefficient (Wildman–Crippen LogP) is 2.60. The first kappa shape index (κ1) is 18.6. The molecule has 1 aliphatic heterocycles. The number of hydrogen-bond acceptors (Lipinski definition) is 3. The number of benzene rings is 1. The molecule has 1 heterocycles. The molecule has 1 aliphatic rings. The lowest BCUT2D eigenvalue weighted by atomic mass is 10.1. The Morgan fingerprint density at radius 2 is 1.75 bits per heavy atom. The fourth-order valence-corrected chi connectivity index (χ4v) is 3.15. The van der Waals surface area contributed by atoms with Crippen LogP contribution in [0.4, 0.5) is 4.79 Å². The molecule has 6 heteroatoms. The van der Waals surface area contributed by atoms with Gasteiger partial charge >= 0.3 is 6.03 Å². The van der Waals surface area contributed by atoms with Crippen molar-refractivity contribution in [3.8, 4) is 0 Å². The molecule has 0 unspecified atom stereocenters. The Hall–Kier alpha value is -1.69. The molecular weight excluding hydrogens is 322 g/mol. The smallest absolute Gasteiger partial charge is 0.317 e. The summed E-state index contributed by atoms with van der Waals surface area (Å²) in [4.78, 5) is 29.5. The standard InChI is InChI=1S/C18H27N3O2S/c1-3-9-19-18(23)21-11-4-10-20(12-13-21)17(22)14-15-5-7-16(24-2)8-6-15/h5-8H,3-4,9-14H2,1-2H3,(H,19,23). The highest BCUT2D eigenvalue weighted by atomic mass is 32.2. The van der Waals surface area contributed by atoms with Gasteiger partial charge in [-0.1, -0.05) is 19.1 Å². The number of hydrogen-bond donors (Lipinski definition) is 1. The van der Waals surface area contributed by atoms with Crippen molar-refractivity contribution in [1.29, 1.82) is 0 Å². The minimum absolute atomic E-state index is 0.0150. The van der Waals surface area contributed by atoms with Gasteiger partial charge in [-0.3, -0.25) is 4.79 Å². The van der Waals surface area contributed by atoms with Crippen LogP contribution >= 0.6 is 11.8 Å². The molecule has 1 aromatic carbocycles. The maximum atomic E-state index is 12.5. The van der Waals surface area contributed by atoms with E-state index in [9.17, 15) is 9.59 Å². The van der Waals surface area contributed by atoms with Crippen molar-refractivity contribution in [2.45, 2.75) is 31.1 Å². The molecule has 132 valence electrons. The summed E-state index contributed by atoms with van der Waals surface area (Å²) >= 11 is 1.70. The van der Waals surface area contributed by atoms with E-state index in [1.54, 1.807) is 11.8 Å². The molecule has 0 saturated carbocycles. The minimum atomic E-state index is -0.0150. The third-order valence-electron chi connectivity index (χ3n) is 4.18. The molecule has 1 saturated heterocycles. The number of nitrogens with zero attached hydrogens (tertiary/aromatic N) is 2. The topological polar surface area (TPSA) is 52.7 Å². The fourth-order valence-electron chi connectivity index (χ4n) is 2.74. The molecule has 0 aliphatic carbocycles. The van der Waals surface area contributed by atoms with Crippen molar-refractivity contribution >= 4 is 23.7 Å². The summed E-state index contributed by atoms with van der Waals surface area (Å²) in [5.74, 6) is 0.141. The molecule has 0 spiro atoms. The van der Waals surface area contributed by atoms with Crippen molar-refractivity contribution in [2.75, 3.05) is 39.0 Å². The van der Waals surface area contributed by atoms with E-state index in [1.807, 2.05) is 35.1 Å². The molecule has 5 nitrogen and oxygen atoms in total. The van der Waals surface area contributed by atoms with Crippen LogP contribution in [-0.2, 0) is 11.2 Å². The van der Waals surface area contributed by atoms with Gasteiger partial charge in [-0.15, -0.1) is 11.8 Å². The fraction of sp³-hybridized carbons (Fsp3) is 0.556. The highest BCUT2D eigenvalue weighted by molar-refractivity contribution is 7.98. The van der Waals surface area contributed by atoms with Crippen LogP contribution in [0.15, 0.2) is 29.2 Å². The molecule has 0 bridgehead atoms. The van der Waals surface area contributed by atoms with Crippen LogP contribution in [0.5, 0.6) is 0 Å². The Balaban J connectivity index is 1.85. The van der Waals surface area contributed by atoms with Crippen molar-refractivity contribution in [3.05, 3.63) is 29.8 Å². The van der Waals surface area contributed by atoms with Crippen LogP contribution in [0.25, 0.3) is 0 Å². The lowest BCUT2D eigenvalue weighted by molar-refractivity contribution is -0.130. The molecule has 3 amide bonds. The van der Waals surface area contributed by atoms with Crippen LogP contribution in [0, 0.1) is 0 Å². The van der Waals surface area contributed by atoms with Crippen LogP contribution in [-0.4, -0.2) is 60.7 Å². The van der Waals surface area contributed by atoms with Gasteiger partial charge in [0, 0.05) is 37.6 Å². The third-order valence-corrected chi connectivity index (χ3v) is 4.92. The Bertz CT molecular complexity index is 548.